The van der Waals surface area contributed by atoms with Crippen LogP contribution >= 0.6 is 0 Å². The lowest BCUT2D eigenvalue weighted by molar-refractivity contribution is 0.341. The molecule has 0 atom stereocenters. The number of ether oxygens (including phenoxy) is 2. The van der Waals surface area contributed by atoms with Gasteiger partial charge < -0.3 is 9.47 Å². The van der Waals surface area contributed by atoms with E-state index in [-0.39, 0.29) is 12.0 Å². The molecule has 0 unspecified atom stereocenters. The van der Waals surface area contributed by atoms with Crippen LogP contribution in [0.2, 0.25) is 0 Å². The van der Waals surface area contributed by atoms with E-state index < -0.39 is 0 Å². The first-order chi connectivity index (χ1) is 10.7. The fraction of sp³-hybridized carbons (Fsp3) is 0.200. The molecule has 0 saturated heterocycles. The van der Waals surface area contributed by atoms with Crippen molar-refractivity contribution in [3.8, 4) is 29.1 Å². The molecule has 0 fully saturated rings. The Morgan fingerprint density at radius 3 is 2.32 bits per heavy atom. The summed E-state index contributed by atoms with van der Waals surface area (Å²) in [6.45, 7) is 2.02. The Kier molecular flexibility index (Phi) is 3.69. The monoisotopic (exact) mass is 297 g/mol. The maximum absolute atomic E-state index is 5.11. The van der Waals surface area contributed by atoms with Crippen LogP contribution in [0.3, 0.4) is 0 Å². The van der Waals surface area contributed by atoms with Crippen molar-refractivity contribution in [2.24, 2.45) is 0 Å². The number of rotatable bonds is 4. The number of aryl methyl sites for hydroxylation is 1. The summed E-state index contributed by atoms with van der Waals surface area (Å²) in [6.07, 6.45) is 3.59. The molecule has 2 heterocycles. The Hall–Kier alpha value is -2.96. The zero-order chi connectivity index (χ0) is 15.5. The number of aromatic nitrogens is 5. The summed E-state index contributed by atoms with van der Waals surface area (Å²) < 4.78 is 12.0. The summed E-state index contributed by atoms with van der Waals surface area (Å²) in [5.74, 6) is 0.467. The van der Waals surface area contributed by atoms with Gasteiger partial charge >= 0.3 is 12.0 Å². The first kappa shape index (κ1) is 14.0. The second kappa shape index (κ2) is 5.80. The Morgan fingerprint density at radius 2 is 1.73 bits per heavy atom. The first-order valence-electron chi connectivity index (χ1n) is 6.66. The van der Waals surface area contributed by atoms with Crippen molar-refractivity contribution in [2.45, 2.75) is 6.92 Å². The molecule has 0 aliphatic heterocycles. The van der Waals surface area contributed by atoms with Crippen molar-refractivity contribution in [3.63, 3.8) is 0 Å². The summed E-state index contributed by atoms with van der Waals surface area (Å²) in [6, 6.07) is 8.22. The second-order valence-electron chi connectivity index (χ2n) is 4.60. The Bertz CT molecular complexity index is 764. The third kappa shape index (κ3) is 2.60. The van der Waals surface area contributed by atoms with Gasteiger partial charge in [0.2, 0.25) is 0 Å². The van der Waals surface area contributed by atoms with Gasteiger partial charge in [0.25, 0.3) is 0 Å². The van der Waals surface area contributed by atoms with Crippen molar-refractivity contribution in [1.29, 1.82) is 0 Å². The van der Waals surface area contributed by atoms with Gasteiger partial charge in [-0.1, -0.05) is 6.07 Å². The van der Waals surface area contributed by atoms with Crippen LogP contribution in [-0.2, 0) is 0 Å². The van der Waals surface area contributed by atoms with E-state index in [4.69, 9.17) is 9.47 Å². The molecule has 3 rings (SSSR count). The summed E-state index contributed by atoms with van der Waals surface area (Å²) in [5.41, 5.74) is 2.80. The fourth-order valence-corrected chi connectivity index (χ4v) is 2.07. The van der Waals surface area contributed by atoms with Crippen molar-refractivity contribution in [2.75, 3.05) is 14.2 Å². The number of benzene rings is 1. The zero-order valence-corrected chi connectivity index (χ0v) is 12.5. The molecule has 0 aliphatic rings. The predicted octanol–water partition coefficient (Wildman–Crippen LogP) is 2.05. The molecule has 2 aromatic heterocycles. The van der Waals surface area contributed by atoms with Crippen LogP contribution in [-0.4, -0.2) is 39.0 Å². The summed E-state index contributed by atoms with van der Waals surface area (Å²) >= 11 is 0. The predicted molar refractivity (Wildman–Crippen MR) is 80.2 cm³/mol. The van der Waals surface area contributed by atoms with E-state index >= 15 is 0 Å². The molecule has 22 heavy (non-hydrogen) atoms. The topological polar surface area (TPSA) is 75.0 Å². The largest absolute Gasteiger partial charge is 0.467 e. The lowest BCUT2D eigenvalue weighted by Crippen LogP contribution is -2.04. The minimum atomic E-state index is 0.203. The fourth-order valence-electron chi connectivity index (χ4n) is 2.07. The lowest BCUT2D eigenvalue weighted by atomic mass is 10.1. The maximum Gasteiger partial charge on any atom is 0.322 e. The average Bonchev–Trinajstić information content (AvgIpc) is 3.08. The standard InChI is InChI=1S/C15H15N5O2/c1-10-5-6-11(12(9-10)20-8-4-7-16-20)13-17-14(21-2)19-15(18-13)22-3/h4-9H,1-3H3. The molecule has 112 valence electrons. The normalized spacial score (nSPS) is 10.5. The summed E-state index contributed by atoms with van der Waals surface area (Å²) in [4.78, 5) is 12.6. The highest BCUT2D eigenvalue weighted by atomic mass is 16.5. The van der Waals surface area contributed by atoms with Crippen LogP contribution in [0.25, 0.3) is 17.1 Å². The van der Waals surface area contributed by atoms with Crippen LogP contribution in [0.15, 0.2) is 36.7 Å². The number of hydrogen-bond acceptors (Lipinski definition) is 6. The molecule has 0 bridgehead atoms. The molecule has 7 heteroatoms. The Morgan fingerprint density at radius 1 is 1.00 bits per heavy atom. The van der Waals surface area contributed by atoms with Crippen molar-refractivity contribution >= 4 is 0 Å². The van der Waals surface area contributed by atoms with Gasteiger partial charge in [-0.15, -0.1) is 4.98 Å². The molecule has 0 N–H and O–H groups in total. The highest BCUT2D eigenvalue weighted by Gasteiger charge is 2.14. The Labute approximate surface area is 127 Å². The minimum absolute atomic E-state index is 0.203. The number of hydrogen-bond donors (Lipinski definition) is 0. The molecule has 0 spiro atoms. The van der Waals surface area contributed by atoms with Gasteiger partial charge in [-0.2, -0.15) is 15.1 Å². The SMILES string of the molecule is COc1nc(OC)nc(-c2ccc(C)cc2-n2cccn2)n1. The van der Waals surface area contributed by atoms with Gasteiger partial charge in [-0.05, 0) is 30.7 Å². The third-order valence-corrected chi connectivity index (χ3v) is 3.10. The van der Waals surface area contributed by atoms with Crippen LogP contribution in [0.5, 0.6) is 12.0 Å². The van der Waals surface area contributed by atoms with Gasteiger partial charge in [0.1, 0.15) is 0 Å². The third-order valence-electron chi connectivity index (χ3n) is 3.10. The van der Waals surface area contributed by atoms with Gasteiger partial charge in [-0.25, -0.2) is 4.68 Å². The van der Waals surface area contributed by atoms with Crippen LogP contribution in [0, 0.1) is 6.92 Å². The zero-order valence-electron chi connectivity index (χ0n) is 12.5. The van der Waals surface area contributed by atoms with Crippen LogP contribution in [0.1, 0.15) is 5.56 Å². The second-order valence-corrected chi connectivity index (χ2v) is 4.60. The van der Waals surface area contributed by atoms with Crippen molar-refractivity contribution in [1.82, 2.24) is 24.7 Å². The number of methoxy groups -OCH3 is 2. The van der Waals surface area contributed by atoms with E-state index in [0.29, 0.717) is 5.82 Å². The molecule has 0 saturated carbocycles. The van der Waals surface area contributed by atoms with Crippen LogP contribution < -0.4 is 9.47 Å². The molecular weight excluding hydrogens is 282 g/mol. The summed E-state index contributed by atoms with van der Waals surface area (Å²) in [7, 11) is 3.00. The van der Waals surface area contributed by atoms with Gasteiger partial charge in [0, 0.05) is 18.0 Å². The molecule has 1 aromatic carbocycles. The van der Waals surface area contributed by atoms with E-state index in [9.17, 15) is 0 Å². The van der Waals surface area contributed by atoms with E-state index in [0.717, 1.165) is 16.8 Å². The highest BCUT2D eigenvalue weighted by molar-refractivity contribution is 5.68. The first-order valence-corrected chi connectivity index (χ1v) is 6.66. The van der Waals surface area contributed by atoms with Gasteiger partial charge in [-0.3, -0.25) is 0 Å². The maximum atomic E-state index is 5.11. The molecule has 0 aliphatic carbocycles. The highest BCUT2D eigenvalue weighted by Crippen LogP contribution is 2.26. The quantitative estimate of drug-likeness (QED) is 0.733. The van der Waals surface area contributed by atoms with E-state index in [1.807, 2.05) is 37.4 Å². The van der Waals surface area contributed by atoms with E-state index in [1.54, 1.807) is 10.9 Å². The lowest BCUT2D eigenvalue weighted by Gasteiger charge is -2.11. The van der Waals surface area contributed by atoms with Crippen molar-refractivity contribution < 1.29 is 9.47 Å². The molecule has 0 amide bonds. The van der Waals surface area contributed by atoms with Gasteiger partial charge in [0.05, 0.1) is 19.9 Å². The minimum Gasteiger partial charge on any atom is -0.467 e. The molecule has 0 radical (unpaired) electrons. The molecular formula is C15H15N5O2. The molecule has 7 nitrogen and oxygen atoms in total. The smallest absolute Gasteiger partial charge is 0.322 e. The average molecular weight is 297 g/mol. The Balaban J connectivity index is 2.20. The molecule has 3 aromatic rings. The van der Waals surface area contributed by atoms with E-state index in [1.165, 1.54) is 14.2 Å². The van der Waals surface area contributed by atoms with Gasteiger partial charge in [0.15, 0.2) is 5.82 Å². The van der Waals surface area contributed by atoms with E-state index in [2.05, 4.69) is 20.1 Å². The summed E-state index contributed by atoms with van der Waals surface area (Å²) in [5, 5.41) is 4.28. The van der Waals surface area contributed by atoms with Crippen molar-refractivity contribution in [3.05, 3.63) is 42.2 Å². The number of nitrogens with zero attached hydrogens (tertiary/aromatic N) is 5. The van der Waals surface area contributed by atoms with Crippen LogP contribution in [0.4, 0.5) is 0 Å².